The number of aliphatic hydroxyl groups is 1. The standard InChI is InChI=1S/C65H80ClF2N9O7Si/c1-42(2)85(43(3)4,44(5)6)33-20-49-53(67)16-14-46-34-48(84-41-82-8)36-50(56(46)49)58-57(68)59-51(37-69-58)60(76-25-11-21-64(7,81)38-76)72-62(71-59)83-40-65(22-23-65)39-74-31-29-73(30-32-74)24-10-9-12-45-17-26-75(27-18-45)61(79)47-13-15-52(66)54(35-47)77-28-19-55(78)70-63(77)80/h13-16,34-37,42-45,81H,10-11,17-19,21-32,38-41H2,1-8H3,(H,70,78,80)/t64-/m1/s1. The highest BCUT2D eigenvalue weighted by Crippen LogP contribution is 2.47. The number of anilines is 2. The van der Waals surface area contributed by atoms with E-state index in [2.05, 4.69) is 80.0 Å². The van der Waals surface area contributed by atoms with Gasteiger partial charge in [0.1, 0.15) is 36.7 Å². The van der Waals surface area contributed by atoms with Gasteiger partial charge in [-0.15, -0.1) is 11.5 Å². The number of benzene rings is 3. The maximum atomic E-state index is 17.9. The van der Waals surface area contributed by atoms with Crippen LogP contribution in [-0.4, -0.2) is 159 Å². The average molecular weight is 1200 g/mol. The van der Waals surface area contributed by atoms with Gasteiger partial charge in [0.2, 0.25) is 5.91 Å². The van der Waals surface area contributed by atoms with Crippen LogP contribution in [0.3, 0.4) is 0 Å². The molecule has 5 fully saturated rings. The Bertz CT molecular complexity index is 3450. The zero-order chi connectivity index (χ0) is 60.4. The van der Waals surface area contributed by atoms with Gasteiger partial charge in [0.05, 0.1) is 33.9 Å². The largest absolute Gasteiger partial charge is 0.468 e. The lowest BCUT2D eigenvalue weighted by Gasteiger charge is -2.38. The third kappa shape index (κ3) is 13.6. The second-order valence-electron chi connectivity index (χ2n) is 25.2. The van der Waals surface area contributed by atoms with Crippen LogP contribution >= 0.6 is 11.6 Å². The number of likely N-dealkylation sites (tertiary alicyclic amines) is 1. The fraction of sp³-hybridized carbons (Fsp3) is 0.538. The number of fused-ring (bicyclic) bond motifs is 2. The fourth-order valence-electron chi connectivity index (χ4n) is 13.3. The molecule has 16 nitrogen and oxygen atoms in total. The first-order valence-corrected chi connectivity index (χ1v) is 32.8. The van der Waals surface area contributed by atoms with Crippen LogP contribution in [0.15, 0.2) is 48.7 Å². The predicted molar refractivity (Wildman–Crippen MR) is 331 cm³/mol. The summed E-state index contributed by atoms with van der Waals surface area (Å²) in [7, 11) is -0.814. The Hall–Kier alpha value is -6.45. The number of nitrogens with zero attached hydrogens (tertiary/aromatic N) is 8. The lowest BCUT2D eigenvalue weighted by atomic mass is 9.94. The van der Waals surface area contributed by atoms with E-state index in [1.807, 2.05) is 9.80 Å². The number of methoxy groups -OCH3 is 1. The summed E-state index contributed by atoms with van der Waals surface area (Å²) in [5.41, 5.74) is 4.77. The summed E-state index contributed by atoms with van der Waals surface area (Å²) in [6.45, 7) is 23.0. The van der Waals surface area contributed by atoms with Crippen LogP contribution in [-0.2, 0) is 9.53 Å². The molecule has 2 N–H and O–H groups in total. The number of piperazine rings is 1. The number of imide groups is 1. The first-order valence-electron chi connectivity index (χ1n) is 30.2. The molecule has 0 unspecified atom stereocenters. The lowest BCUT2D eigenvalue weighted by molar-refractivity contribution is -0.120. The molecule has 0 spiro atoms. The number of β-amino-alcohol motifs (C(OH)–C–C–N with tert-alkyl or cyclic N) is 1. The molecule has 3 aromatic carbocycles. The van der Waals surface area contributed by atoms with Crippen molar-refractivity contribution in [3.05, 3.63) is 76.4 Å². The summed E-state index contributed by atoms with van der Waals surface area (Å²) in [6.07, 6.45) is 7.32. The van der Waals surface area contributed by atoms with Crippen LogP contribution < -0.4 is 24.6 Å². The molecule has 452 valence electrons. The number of halogens is 3. The number of hydrogen-bond acceptors (Lipinski definition) is 13. The number of ether oxygens (including phenoxy) is 3. The molecule has 5 aliphatic rings. The van der Waals surface area contributed by atoms with E-state index in [1.165, 1.54) is 18.1 Å². The van der Waals surface area contributed by atoms with Crippen LogP contribution in [0.2, 0.25) is 21.6 Å². The lowest BCUT2D eigenvalue weighted by Crippen LogP contribution is -2.49. The van der Waals surface area contributed by atoms with Gasteiger partial charge in [-0.2, -0.15) is 9.97 Å². The van der Waals surface area contributed by atoms with Gasteiger partial charge in [-0.1, -0.05) is 71.1 Å². The maximum absolute atomic E-state index is 17.9. The molecule has 4 saturated heterocycles. The molecule has 85 heavy (non-hydrogen) atoms. The van der Waals surface area contributed by atoms with Crippen molar-refractivity contribution in [3.8, 4) is 46.3 Å². The minimum Gasteiger partial charge on any atom is -0.468 e. The van der Waals surface area contributed by atoms with Gasteiger partial charge >= 0.3 is 12.0 Å². The quantitative estimate of drug-likeness (QED) is 0.0514. The Morgan fingerprint density at radius 2 is 1.64 bits per heavy atom. The molecule has 2 aromatic heterocycles. The van der Waals surface area contributed by atoms with Crippen LogP contribution in [0.1, 0.15) is 116 Å². The van der Waals surface area contributed by atoms with Crippen molar-refractivity contribution in [2.75, 3.05) is 102 Å². The van der Waals surface area contributed by atoms with E-state index in [1.54, 1.807) is 49.5 Å². The zero-order valence-electron chi connectivity index (χ0n) is 50.4. The van der Waals surface area contributed by atoms with E-state index < -0.39 is 31.3 Å². The van der Waals surface area contributed by atoms with Crippen molar-refractivity contribution in [1.82, 2.24) is 35.0 Å². The number of carbonyl (C=O) groups is 3. The maximum Gasteiger partial charge on any atom is 0.328 e. The third-order valence-corrected chi connectivity index (χ3v) is 24.8. The summed E-state index contributed by atoms with van der Waals surface area (Å²) in [5.74, 6) is 9.59. The summed E-state index contributed by atoms with van der Waals surface area (Å²) in [6, 6.07) is 10.9. The molecule has 1 atom stereocenters. The molecule has 20 heteroatoms. The van der Waals surface area contributed by atoms with Crippen molar-refractivity contribution in [2.45, 2.75) is 122 Å². The van der Waals surface area contributed by atoms with E-state index in [9.17, 15) is 19.5 Å². The smallest absolute Gasteiger partial charge is 0.328 e. The SMILES string of the molecule is COCOc1cc(-c2ncc3c(N4CCC[C@@](C)(O)C4)nc(OCC4(CN5CCN(CCC#CC6CCN(C(=O)c7ccc(Cl)c(N8CCC(=O)NC8=O)c7)CC6)CC5)CC4)nc3c2F)c2c(C#C[Si](C(C)C)(C(C)C)C(C)C)c(F)ccc2c1. The molecule has 5 aromatic rings. The number of aromatic nitrogens is 3. The molecule has 0 bridgehead atoms. The first kappa shape index (κ1) is 61.6. The van der Waals surface area contributed by atoms with Crippen LogP contribution in [0.5, 0.6) is 11.8 Å². The van der Waals surface area contributed by atoms with E-state index in [0.717, 1.165) is 71.4 Å². The highest BCUT2D eigenvalue weighted by molar-refractivity contribution is 6.90. The molecule has 1 saturated carbocycles. The van der Waals surface area contributed by atoms with Gasteiger partial charge in [-0.3, -0.25) is 29.7 Å². The normalized spacial score (nSPS) is 19.8. The zero-order valence-corrected chi connectivity index (χ0v) is 52.1. The number of piperidine rings is 2. The molecule has 4 amide bonds. The predicted octanol–water partition coefficient (Wildman–Crippen LogP) is 10.8. The Morgan fingerprint density at radius 1 is 0.906 bits per heavy atom. The topological polar surface area (TPSA) is 166 Å². The molecule has 6 heterocycles. The fourth-order valence-corrected chi connectivity index (χ4v) is 18.8. The van der Waals surface area contributed by atoms with Gasteiger partial charge in [-0.05, 0) is 104 Å². The van der Waals surface area contributed by atoms with E-state index >= 15 is 8.78 Å². The molecular weight excluding hydrogens is 1120 g/mol. The number of pyridine rings is 1. The monoisotopic (exact) mass is 1200 g/mol. The highest BCUT2D eigenvalue weighted by Gasteiger charge is 2.46. The third-order valence-electron chi connectivity index (χ3n) is 18.2. The summed E-state index contributed by atoms with van der Waals surface area (Å²) >= 11 is 6.43. The molecule has 10 rings (SSSR count). The number of nitrogens with one attached hydrogen (secondary N) is 1. The van der Waals surface area contributed by atoms with Gasteiger partial charge in [0.25, 0.3) is 5.91 Å². The first-order chi connectivity index (χ1) is 40.7. The Morgan fingerprint density at radius 3 is 2.32 bits per heavy atom. The van der Waals surface area contributed by atoms with Crippen molar-refractivity contribution in [2.24, 2.45) is 11.3 Å². The number of carbonyl (C=O) groups excluding carboxylic acids is 3. The van der Waals surface area contributed by atoms with Crippen LogP contribution in [0.4, 0.5) is 25.1 Å². The Balaban J connectivity index is 0.807. The summed E-state index contributed by atoms with van der Waals surface area (Å²) < 4.78 is 52.2. The number of hydrogen-bond donors (Lipinski definition) is 2. The highest BCUT2D eigenvalue weighted by atomic mass is 35.5. The second kappa shape index (κ2) is 25.9. The second-order valence-corrected chi connectivity index (χ2v) is 31.2. The van der Waals surface area contributed by atoms with Crippen molar-refractivity contribution in [1.29, 1.82) is 0 Å². The molecule has 4 aliphatic heterocycles. The van der Waals surface area contributed by atoms with Crippen molar-refractivity contribution < 1.29 is 42.5 Å². The van der Waals surface area contributed by atoms with Crippen LogP contribution in [0, 0.1) is 46.3 Å². The number of urea groups is 1. The van der Waals surface area contributed by atoms with Gasteiger partial charge in [-0.25, -0.2) is 13.6 Å². The van der Waals surface area contributed by atoms with Gasteiger partial charge in [0.15, 0.2) is 12.6 Å². The number of rotatable bonds is 17. The van der Waals surface area contributed by atoms with E-state index in [4.69, 9.17) is 40.8 Å². The Labute approximate surface area is 504 Å². The summed E-state index contributed by atoms with van der Waals surface area (Å²) in [5, 5.41) is 15.3. The van der Waals surface area contributed by atoms with Crippen molar-refractivity contribution >= 4 is 70.7 Å². The minimum absolute atomic E-state index is 0.00245. The van der Waals surface area contributed by atoms with E-state index in [0.29, 0.717) is 105 Å². The molecule has 1 aliphatic carbocycles. The minimum atomic E-state index is -2.33. The molecule has 0 radical (unpaired) electrons. The van der Waals surface area contributed by atoms with Crippen LogP contribution in [0.25, 0.3) is 32.9 Å². The average Bonchev–Trinajstić information content (AvgIpc) is 3.39. The van der Waals surface area contributed by atoms with Gasteiger partial charge < -0.3 is 34.0 Å². The van der Waals surface area contributed by atoms with Gasteiger partial charge in [0, 0.05) is 126 Å². The number of amides is 4. The molecular formula is C65H80ClF2N9O7Si. The Kier molecular flexibility index (Phi) is 18.8. The van der Waals surface area contributed by atoms with Crippen molar-refractivity contribution in [3.63, 3.8) is 0 Å². The summed E-state index contributed by atoms with van der Waals surface area (Å²) in [4.78, 5) is 62.4. The van der Waals surface area contributed by atoms with E-state index in [-0.39, 0.29) is 72.2 Å².